The first-order valence-corrected chi connectivity index (χ1v) is 11.1. The van der Waals surface area contributed by atoms with Crippen LogP contribution in [0, 0.1) is 13.8 Å². The molecule has 7 heteroatoms. The van der Waals surface area contributed by atoms with E-state index in [1.165, 1.54) is 5.56 Å². The zero-order chi connectivity index (χ0) is 22.8. The van der Waals surface area contributed by atoms with Crippen molar-refractivity contribution in [2.24, 2.45) is 5.10 Å². The van der Waals surface area contributed by atoms with Crippen molar-refractivity contribution in [3.63, 3.8) is 0 Å². The van der Waals surface area contributed by atoms with Crippen LogP contribution in [0.1, 0.15) is 40.0 Å². The molecule has 0 aliphatic carbocycles. The fraction of sp³-hybridized carbons (Fsp3) is 0.200. The normalized spacial score (nSPS) is 11.4. The summed E-state index contributed by atoms with van der Waals surface area (Å²) in [5, 5.41) is 4.93. The number of ether oxygens (including phenoxy) is 1. The van der Waals surface area contributed by atoms with Crippen LogP contribution in [0.5, 0.6) is 5.75 Å². The van der Waals surface area contributed by atoms with E-state index < -0.39 is 5.91 Å². The van der Waals surface area contributed by atoms with Crippen molar-refractivity contribution in [1.82, 2.24) is 9.99 Å². The first kappa shape index (κ1) is 21.9. The second-order valence-electron chi connectivity index (χ2n) is 7.48. The number of rotatable bonds is 6. The molecule has 0 saturated heterocycles. The zero-order valence-electron chi connectivity index (χ0n) is 18.4. The number of benzene rings is 2. The summed E-state index contributed by atoms with van der Waals surface area (Å²) in [7, 11) is 1.56. The van der Waals surface area contributed by atoms with Crippen LogP contribution in [0.3, 0.4) is 0 Å². The van der Waals surface area contributed by atoms with Gasteiger partial charge in [-0.05, 0) is 56.2 Å². The van der Waals surface area contributed by atoms with Gasteiger partial charge in [0.25, 0.3) is 0 Å². The number of nitrogens with zero attached hydrogens (tertiary/aromatic N) is 2. The van der Waals surface area contributed by atoms with E-state index in [0.717, 1.165) is 38.9 Å². The molecule has 0 spiro atoms. The fourth-order valence-corrected chi connectivity index (χ4v) is 4.34. The quantitative estimate of drug-likeness (QED) is 0.267. The highest BCUT2D eigenvalue weighted by atomic mass is 79.9. The number of methoxy groups -OCH3 is 1. The van der Waals surface area contributed by atoms with Crippen molar-refractivity contribution in [2.75, 3.05) is 7.11 Å². The molecular weight excluding hydrogens is 470 g/mol. The molecule has 2 aromatic carbocycles. The molecule has 2 aromatic heterocycles. The van der Waals surface area contributed by atoms with Gasteiger partial charge in [0.2, 0.25) is 0 Å². The number of carbonyl (C=O) groups is 1. The van der Waals surface area contributed by atoms with E-state index in [0.29, 0.717) is 11.3 Å². The number of furan rings is 1. The third-order valence-electron chi connectivity index (χ3n) is 5.44. The first-order chi connectivity index (χ1) is 15.4. The lowest BCUT2D eigenvalue weighted by molar-refractivity contribution is 0.0929. The molecule has 2 heterocycles. The number of nitrogens with one attached hydrogen (secondary N) is 1. The molecule has 4 aromatic rings. The van der Waals surface area contributed by atoms with Crippen LogP contribution in [0.2, 0.25) is 0 Å². The van der Waals surface area contributed by atoms with Crippen LogP contribution in [0.25, 0.3) is 16.7 Å². The molecule has 0 aliphatic rings. The maximum absolute atomic E-state index is 12.6. The Morgan fingerprint density at radius 1 is 1.22 bits per heavy atom. The van der Waals surface area contributed by atoms with Gasteiger partial charge >= 0.3 is 5.91 Å². The number of hydrogen-bond donors (Lipinski definition) is 1. The lowest BCUT2D eigenvalue weighted by Crippen LogP contribution is -2.16. The maximum Gasteiger partial charge on any atom is 0.307 e. The van der Waals surface area contributed by atoms with Crippen LogP contribution < -0.4 is 10.2 Å². The topological polar surface area (TPSA) is 68.8 Å². The summed E-state index contributed by atoms with van der Waals surface area (Å²) < 4.78 is 14.1. The third-order valence-corrected chi connectivity index (χ3v) is 5.90. The van der Waals surface area contributed by atoms with Gasteiger partial charge in [-0.2, -0.15) is 5.10 Å². The highest BCUT2D eigenvalue weighted by molar-refractivity contribution is 9.10. The summed E-state index contributed by atoms with van der Waals surface area (Å²) in [6, 6.07) is 15.7. The van der Waals surface area contributed by atoms with Crippen LogP contribution in [0.4, 0.5) is 0 Å². The summed E-state index contributed by atoms with van der Waals surface area (Å²) >= 11 is 3.43. The Bertz CT molecular complexity index is 1330. The lowest BCUT2D eigenvalue weighted by atomic mass is 10.1. The largest absolute Gasteiger partial charge is 0.493 e. The maximum atomic E-state index is 12.6. The standard InChI is InChI=1S/C25H24BrN3O3/c1-5-17-8-6-7-9-21(17)29-15(2)10-19(16(29)3)14-27-28-25(30)23-12-18-11-20(26)13-22(31-4)24(18)32-23/h6-14H,5H2,1-4H3,(H,28,30)/b27-14-. The van der Waals surface area contributed by atoms with Crippen molar-refractivity contribution >= 4 is 39.0 Å². The van der Waals surface area contributed by atoms with Gasteiger partial charge in [-0.15, -0.1) is 0 Å². The minimum absolute atomic E-state index is 0.163. The van der Waals surface area contributed by atoms with Crippen LogP contribution >= 0.6 is 15.9 Å². The summed E-state index contributed by atoms with van der Waals surface area (Å²) in [6.45, 7) is 6.26. The van der Waals surface area contributed by atoms with E-state index in [2.05, 4.69) is 69.1 Å². The predicted octanol–water partition coefficient (Wildman–Crippen LogP) is 5.94. The molecule has 0 unspecified atom stereocenters. The Kier molecular flexibility index (Phi) is 6.19. The third kappa shape index (κ3) is 4.08. The molecule has 1 N–H and O–H groups in total. The minimum atomic E-state index is -0.430. The van der Waals surface area contributed by atoms with Gasteiger partial charge in [0.05, 0.1) is 13.3 Å². The summed E-state index contributed by atoms with van der Waals surface area (Å²) in [5.74, 6) is 0.286. The van der Waals surface area contributed by atoms with Crippen molar-refractivity contribution in [3.8, 4) is 11.4 Å². The molecule has 164 valence electrons. The van der Waals surface area contributed by atoms with E-state index in [1.807, 2.05) is 19.1 Å². The van der Waals surface area contributed by atoms with Crippen molar-refractivity contribution < 1.29 is 13.9 Å². The SMILES string of the molecule is CCc1ccccc1-n1c(C)cc(/C=N\NC(=O)c2cc3cc(Br)cc(OC)c3o2)c1C. The smallest absolute Gasteiger partial charge is 0.307 e. The van der Waals surface area contributed by atoms with E-state index >= 15 is 0 Å². The number of amides is 1. The minimum Gasteiger partial charge on any atom is -0.493 e. The molecule has 6 nitrogen and oxygen atoms in total. The van der Waals surface area contributed by atoms with Crippen LogP contribution in [-0.2, 0) is 6.42 Å². The molecule has 0 atom stereocenters. The number of hydrazone groups is 1. The monoisotopic (exact) mass is 493 g/mol. The molecule has 1 amide bonds. The number of carbonyl (C=O) groups excluding carboxylic acids is 1. The van der Waals surface area contributed by atoms with Crippen LogP contribution in [-0.4, -0.2) is 23.8 Å². The van der Waals surface area contributed by atoms with Crippen molar-refractivity contribution in [2.45, 2.75) is 27.2 Å². The summed E-state index contributed by atoms with van der Waals surface area (Å²) in [5.41, 5.74) is 8.60. The number of hydrogen-bond acceptors (Lipinski definition) is 4. The van der Waals surface area contributed by atoms with E-state index in [4.69, 9.17) is 9.15 Å². The highest BCUT2D eigenvalue weighted by Gasteiger charge is 2.16. The lowest BCUT2D eigenvalue weighted by Gasteiger charge is -2.13. The second-order valence-corrected chi connectivity index (χ2v) is 8.40. The molecule has 0 bridgehead atoms. The van der Waals surface area contributed by atoms with Crippen LogP contribution in [0.15, 0.2) is 62.5 Å². The highest BCUT2D eigenvalue weighted by Crippen LogP contribution is 2.32. The molecule has 0 radical (unpaired) electrons. The van der Waals surface area contributed by atoms with Gasteiger partial charge in [-0.3, -0.25) is 4.79 Å². The van der Waals surface area contributed by atoms with Gasteiger partial charge in [0, 0.05) is 32.5 Å². The summed E-state index contributed by atoms with van der Waals surface area (Å²) in [6.07, 6.45) is 2.61. The van der Waals surface area contributed by atoms with Gasteiger partial charge in [-0.25, -0.2) is 5.43 Å². The second kappa shape index (κ2) is 9.04. The number of halogens is 1. The molecule has 4 rings (SSSR count). The van der Waals surface area contributed by atoms with Crippen molar-refractivity contribution in [3.05, 3.63) is 81.3 Å². The number of para-hydroxylation sites is 1. The first-order valence-electron chi connectivity index (χ1n) is 10.3. The molecular formula is C25H24BrN3O3. The summed E-state index contributed by atoms with van der Waals surface area (Å²) in [4.78, 5) is 12.6. The Morgan fingerprint density at radius 2 is 2.00 bits per heavy atom. The van der Waals surface area contributed by atoms with E-state index in [-0.39, 0.29) is 5.76 Å². The molecule has 0 aliphatic heterocycles. The number of aromatic nitrogens is 1. The van der Waals surface area contributed by atoms with E-state index in [9.17, 15) is 4.79 Å². The molecule has 0 fully saturated rings. The average Bonchev–Trinajstić information content (AvgIpc) is 3.33. The number of fused-ring (bicyclic) bond motifs is 1. The Morgan fingerprint density at radius 3 is 2.75 bits per heavy atom. The Balaban J connectivity index is 1.56. The Hall–Kier alpha value is -3.32. The Labute approximate surface area is 195 Å². The predicted molar refractivity (Wildman–Crippen MR) is 130 cm³/mol. The van der Waals surface area contributed by atoms with Gasteiger partial charge in [0.1, 0.15) is 0 Å². The van der Waals surface area contributed by atoms with Gasteiger partial charge in [0.15, 0.2) is 17.1 Å². The zero-order valence-corrected chi connectivity index (χ0v) is 20.0. The van der Waals surface area contributed by atoms with Gasteiger partial charge in [-0.1, -0.05) is 41.1 Å². The molecule has 32 heavy (non-hydrogen) atoms. The average molecular weight is 494 g/mol. The fourth-order valence-electron chi connectivity index (χ4n) is 3.88. The van der Waals surface area contributed by atoms with Crippen molar-refractivity contribution in [1.29, 1.82) is 0 Å². The van der Waals surface area contributed by atoms with Gasteiger partial charge < -0.3 is 13.7 Å². The number of aryl methyl sites for hydroxylation is 2. The van der Waals surface area contributed by atoms with E-state index in [1.54, 1.807) is 25.5 Å². The molecule has 0 saturated carbocycles.